The smallest absolute Gasteiger partial charge is 0.363 e. The maximum atomic E-state index is 12.5. The zero-order valence-electron chi connectivity index (χ0n) is 22.6. The Bertz CT molecular complexity index is 1030. The van der Waals surface area contributed by atoms with E-state index in [1.807, 2.05) is 48.5 Å². The minimum Gasteiger partial charge on any atom is -0.494 e. The quantitative estimate of drug-likeness (QED) is 0.105. The molecule has 0 atom stereocenters. The Morgan fingerprint density at radius 1 is 0.676 bits per heavy atom. The highest BCUT2D eigenvalue weighted by Gasteiger charge is 2.12. The largest absolute Gasteiger partial charge is 0.494 e. The maximum Gasteiger partial charge on any atom is 0.363 e. The van der Waals surface area contributed by atoms with Gasteiger partial charge in [0, 0.05) is 5.56 Å². The number of nitrogens with zero attached hydrogens (tertiary/aromatic N) is 2. The van der Waals surface area contributed by atoms with Gasteiger partial charge in [0.15, 0.2) is 5.69 Å². The van der Waals surface area contributed by atoms with Crippen LogP contribution in [-0.4, -0.2) is 22.5 Å². The number of carbonyl (C=O) groups is 1. The molecule has 0 N–H and O–H groups in total. The lowest BCUT2D eigenvalue weighted by Crippen LogP contribution is -2.11. The summed E-state index contributed by atoms with van der Waals surface area (Å²) in [7, 11) is 0. The molecule has 3 aromatic rings. The highest BCUT2D eigenvalue weighted by molar-refractivity contribution is 5.88. The van der Waals surface area contributed by atoms with E-state index < -0.39 is 5.97 Å². The number of benzene rings is 2. The van der Waals surface area contributed by atoms with E-state index in [0.717, 1.165) is 30.8 Å². The van der Waals surface area contributed by atoms with Gasteiger partial charge in [-0.25, -0.2) is 9.78 Å². The number of hydrogen-bond donors (Lipinski definition) is 0. The Labute approximate surface area is 222 Å². The first-order chi connectivity index (χ1) is 18.2. The van der Waals surface area contributed by atoms with Gasteiger partial charge in [-0.1, -0.05) is 83.8 Å². The molecule has 2 aromatic carbocycles. The Kier molecular flexibility index (Phi) is 12.7. The van der Waals surface area contributed by atoms with E-state index in [1.54, 1.807) is 6.20 Å². The Hall–Kier alpha value is -3.21. The minimum atomic E-state index is -0.512. The molecule has 0 aliphatic carbocycles. The number of hydrogen-bond acceptors (Lipinski definition) is 5. The van der Waals surface area contributed by atoms with Crippen molar-refractivity contribution < 1.29 is 14.3 Å². The van der Waals surface area contributed by atoms with Crippen LogP contribution in [-0.2, 0) is 6.42 Å². The van der Waals surface area contributed by atoms with Gasteiger partial charge in [0.2, 0.25) is 0 Å². The standard InChI is InChI=1S/C32H42N2O3/c1-3-5-7-8-9-10-11-13-23-36-28-21-17-27(18-22-28)30-24-34-31(25-33-30)32(35)37-29-19-15-26(16-20-29)14-12-6-4-2/h15-22,24-25H,3-14,23H2,1-2H3. The number of aromatic nitrogens is 2. The summed E-state index contributed by atoms with van der Waals surface area (Å²) in [5.74, 6) is 0.858. The maximum absolute atomic E-state index is 12.5. The van der Waals surface area contributed by atoms with E-state index in [9.17, 15) is 4.79 Å². The summed E-state index contributed by atoms with van der Waals surface area (Å²) in [6.45, 7) is 5.19. The van der Waals surface area contributed by atoms with Crippen LogP contribution in [0.2, 0.25) is 0 Å². The van der Waals surface area contributed by atoms with Crippen LogP contribution in [0.25, 0.3) is 11.3 Å². The molecule has 0 bridgehead atoms. The van der Waals surface area contributed by atoms with Crippen LogP contribution in [0.1, 0.15) is 101 Å². The second-order valence-electron chi connectivity index (χ2n) is 9.63. The summed E-state index contributed by atoms with van der Waals surface area (Å²) >= 11 is 0. The number of aryl methyl sites for hydroxylation is 1. The van der Waals surface area contributed by atoms with Crippen LogP contribution in [0.5, 0.6) is 11.5 Å². The van der Waals surface area contributed by atoms with Crippen molar-refractivity contribution in [2.24, 2.45) is 0 Å². The average molecular weight is 503 g/mol. The van der Waals surface area contributed by atoms with Gasteiger partial charge in [-0.2, -0.15) is 0 Å². The molecule has 0 fully saturated rings. The molecule has 0 amide bonds. The minimum absolute atomic E-state index is 0.182. The zero-order valence-corrected chi connectivity index (χ0v) is 22.6. The number of ether oxygens (including phenoxy) is 2. The van der Waals surface area contributed by atoms with Gasteiger partial charge in [-0.3, -0.25) is 4.98 Å². The third kappa shape index (κ3) is 10.4. The first-order valence-electron chi connectivity index (χ1n) is 14.1. The van der Waals surface area contributed by atoms with Gasteiger partial charge >= 0.3 is 5.97 Å². The first-order valence-corrected chi connectivity index (χ1v) is 14.1. The molecule has 198 valence electrons. The molecule has 0 saturated carbocycles. The first kappa shape index (κ1) is 28.4. The normalized spacial score (nSPS) is 10.9. The molecule has 5 heteroatoms. The third-order valence-electron chi connectivity index (χ3n) is 6.48. The molecular weight excluding hydrogens is 460 g/mol. The molecule has 1 aromatic heterocycles. The van der Waals surface area contributed by atoms with Gasteiger partial charge in [0.25, 0.3) is 0 Å². The highest BCUT2D eigenvalue weighted by atomic mass is 16.5. The van der Waals surface area contributed by atoms with Gasteiger partial charge in [0.05, 0.1) is 24.7 Å². The molecular formula is C32H42N2O3. The topological polar surface area (TPSA) is 61.3 Å². The summed E-state index contributed by atoms with van der Waals surface area (Å²) in [4.78, 5) is 21.2. The molecule has 1 heterocycles. The van der Waals surface area contributed by atoms with Crippen LogP contribution in [0.3, 0.4) is 0 Å². The van der Waals surface area contributed by atoms with Crippen molar-refractivity contribution in [3.05, 3.63) is 72.2 Å². The van der Waals surface area contributed by atoms with Crippen molar-refractivity contribution in [3.63, 3.8) is 0 Å². The Morgan fingerprint density at radius 2 is 1.30 bits per heavy atom. The average Bonchev–Trinajstić information content (AvgIpc) is 2.94. The molecule has 0 radical (unpaired) electrons. The fourth-order valence-electron chi connectivity index (χ4n) is 4.19. The molecule has 3 rings (SSSR count). The number of rotatable bonds is 17. The molecule has 0 aliphatic heterocycles. The second kappa shape index (κ2) is 16.5. The molecule has 0 saturated heterocycles. The predicted octanol–water partition coefficient (Wildman–Crippen LogP) is 8.62. The number of esters is 1. The molecule has 37 heavy (non-hydrogen) atoms. The van der Waals surface area contributed by atoms with Crippen LogP contribution in [0.15, 0.2) is 60.9 Å². The van der Waals surface area contributed by atoms with E-state index >= 15 is 0 Å². The van der Waals surface area contributed by atoms with E-state index in [0.29, 0.717) is 11.4 Å². The highest BCUT2D eigenvalue weighted by Crippen LogP contribution is 2.21. The zero-order chi connectivity index (χ0) is 26.1. The van der Waals surface area contributed by atoms with Crippen LogP contribution in [0.4, 0.5) is 0 Å². The second-order valence-corrected chi connectivity index (χ2v) is 9.63. The summed E-state index contributed by atoms with van der Waals surface area (Å²) in [6.07, 6.45) is 18.0. The van der Waals surface area contributed by atoms with Gasteiger partial charge in [-0.15, -0.1) is 0 Å². The Balaban J connectivity index is 1.41. The predicted molar refractivity (Wildman–Crippen MR) is 150 cm³/mol. The van der Waals surface area contributed by atoms with Crippen LogP contribution < -0.4 is 9.47 Å². The van der Waals surface area contributed by atoms with Crippen molar-refractivity contribution in [2.45, 2.75) is 90.9 Å². The molecule has 0 aliphatic rings. The summed E-state index contributed by atoms with van der Waals surface area (Å²) in [5, 5.41) is 0. The van der Waals surface area contributed by atoms with Gasteiger partial charge < -0.3 is 9.47 Å². The lowest BCUT2D eigenvalue weighted by atomic mass is 10.1. The summed E-state index contributed by atoms with van der Waals surface area (Å²) < 4.78 is 11.4. The molecule has 5 nitrogen and oxygen atoms in total. The van der Waals surface area contributed by atoms with Crippen molar-refractivity contribution in [3.8, 4) is 22.8 Å². The van der Waals surface area contributed by atoms with E-state index in [2.05, 4.69) is 23.8 Å². The van der Waals surface area contributed by atoms with Gasteiger partial charge in [-0.05, 0) is 61.2 Å². The van der Waals surface area contributed by atoms with E-state index in [4.69, 9.17) is 9.47 Å². The van der Waals surface area contributed by atoms with Crippen molar-refractivity contribution in [1.29, 1.82) is 0 Å². The fourth-order valence-corrected chi connectivity index (χ4v) is 4.19. The van der Waals surface area contributed by atoms with Crippen molar-refractivity contribution >= 4 is 5.97 Å². The monoisotopic (exact) mass is 502 g/mol. The molecule has 0 unspecified atom stereocenters. The van der Waals surface area contributed by atoms with Crippen molar-refractivity contribution in [1.82, 2.24) is 9.97 Å². The number of unbranched alkanes of at least 4 members (excludes halogenated alkanes) is 9. The van der Waals surface area contributed by atoms with E-state index in [-0.39, 0.29) is 5.69 Å². The lowest BCUT2D eigenvalue weighted by molar-refractivity contribution is 0.0728. The summed E-state index contributed by atoms with van der Waals surface area (Å²) in [6, 6.07) is 15.5. The SMILES string of the molecule is CCCCCCCCCCOc1ccc(-c2cnc(C(=O)Oc3ccc(CCCCC)cc3)cn2)cc1. The molecule has 0 spiro atoms. The third-order valence-corrected chi connectivity index (χ3v) is 6.48. The van der Waals surface area contributed by atoms with Crippen LogP contribution >= 0.6 is 0 Å². The fraction of sp³-hybridized carbons (Fsp3) is 0.469. The summed E-state index contributed by atoms with van der Waals surface area (Å²) in [5.41, 5.74) is 3.05. The Morgan fingerprint density at radius 3 is 1.95 bits per heavy atom. The number of carbonyl (C=O) groups excluding carboxylic acids is 1. The van der Waals surface area contributed by atoms with Crippen molar-refractivity contribution in [2.75, 3.05) is 6.61 Å². The van der Waals surface area contributed by atoms with Crippen LogP contribution in [0, 0.1) is 0 Å². The lowest BCUT2D eigenvalue weighted by Gasteiger charge is -2.08. The van der Waals surface area contributed by atoms with E-state index in [1.165, 1.54) is 76.0 Å². The van der Waals surface area contributed by atoms with Gasteiger partial charge in [0.1, 0.15) is 11.5 Å².